The highest BCUT2D eigenvalue weighted by atomic mass is 32.2. The molecule has 0 aromatic rings. The number of carbonyl (C=O) groups excluding carboxylic acids is 1. The lowest BCUT2D eigenvalue weighted by atomic mass is 10.6. The SMILES string of the molecule is O=C=NN1NC=C(C(F)(F)F)S1. The van der Waals surface area contributed by atoms with E-state index >= 15 is 0 Å². The zero-order valence-corrected chi connectivity index (χ0v) is 6.24. The second-order valence-electron chi connectivity index (χ2n) is 1.69. The molecule has 1 N–H and O–H groups in total. The number of hydrazone groups is 1. The fourth-order valence-corrected chi connectivity index (χ4v) is 1.05. The minimum atomic E-state index is -4.41. The first-order chi connectivity index (χ1) is 5.54. The average Bonchev–Trinajstić information content (AvgIpc) is 2.35. The summed E-state index contributed by atoms with van der Waals surface area (Å²) in [6.45, 7) is 0. The van der Waals surface area contributed by atoms with Gasteiger partial charge < -0.3 is 0 Å². The van der Waals surface area contributed by atoms with E-state index in [1.165, 1.54) is 0 Å². The standard InChI is InChI=1S/C4H2F3N3OS/c5-4(6,7)3-1-8-10(12-3)9-2-11/h1,8H. The van der Waals surface area contributed by atoms with Gasteiger partial charge in [0, 0.05) is 18.1 Å². The van der Waals surface area contributed by atoms with Crippen molar-refractivity contribution in [1.82, 2.24) is 9.95 Å². The zero-order valence-electron chi connectivity index (χ0n) is 5.42. The molecule has 0 saturated heterocycles. The molecule has 12 heavy (non-hydrogen) atoms. The van der Waals surface area contributed by atoms with Crippen molar-refractivity contribution in [2.24, 2.45) is 5.10 Å². The van der Waals surface area contributed by atoms with Crippen molar-refractivity contribution < 1.29 is 18.0 Å². The number of halogens is 3. The Labute approximate surface area is 69.2 Å². The molecule has 0 amide bonds. The van der Waals surface area contributed by atoms with Crippen molar-refractivity contribution in [2.75, 3.05) is 0 Å². The van der Waals surface area contributed by atoms with Gasteiger partial charge in [-0.05, 0) is 0 Å². The van der Waals surface area contributed by atoms with Crippen LogP contribution in [0.15, 0.2) is 16.2 Å². The Hall–Kier alpha value is -1.14. The number of alkyl halides is 3. The van der Waals surface area contributed by atoms with Gasteiger partial charge in [0.15, 0.2) is 0 Å². The molecular formula is C4H2F3N3OS. The first-order valence-corrected chi connectivity index (χ1v) is 3.41. The van der Waals surface area contributed by atoms with E-state index in [0.717, 1.165) is 6.08 Å². The molecule has 0 aromatic carbocycles. The first kappa shape index (κ1) is 8.95. The monoisotopic (exact) mass is 197 g/mol. The lowest BCUT2D eigenvalue weighted by Crippen LogP contribution is -2.16. The average molecular weight is 197 g/mol. The predicted octanol–water partition coefficient (Wildman–Crippen LogP) is 1.11. The summed E-state index contributed by atoms with van der Waals surface area (Å²) in [5.74, 6) is 0. The fraction of sp³-hybridized carbons (Fsp3) is 0.250. The Kier molecular flexibility index (Phi) is 2.30. The van der Waals surface area contributed by atoms with Gasteiger partial charge in [0.05, 0.1) is 0 Å². The zero-order chi connectivity index (χ0) is 9.19. The third-order valence-electron chi connectivity index (χ3n) is 0.902. The van der Waals surface area contributed by atoms with Crippen LogP contribution in [-0.2, 0) is 4.79 Å². The van der Waals surface area contributed by atoms with Crippen LogP contribution in [0.1, 0.15) is 0 Å². The predicted molar refractivity (Wildman–Crippen MR) is 34.8 cm³/mol. The van der Waals surface area contributed by atoms with E-state index in [4.69, 9.17) is 0 Å². The smallest absolute Gasteiger partial charge is 0.277 e. The maximum Gasteiger partial charge on any atom is 0.425 e. The van der Waals surface area contributed by atoms with Gasteiger partial charge in [-0.3, -0.25) is 5.43 Å². The minimum Gasteiger partial charge on any atom is -0.277 e. The summed E-state index contributed by atoms with van der Waals surface area (Å²) >= 11 is 0.271. The van der Waals surface area contributed by atoms with Crippen LogP contribution in [0.5, 0.6) is 0 Å². The van der Waals surface area contributed by atoms with Crippen LogP contribution in [0.3, 0.4) is 0 Å². The quantitative estimate of drug-likeness (QED) is 0.388. The number of nitrogens with zero attached hydrogens (tertiary/aromatic N) is 2. The summed E-state index contributed by atoms with van der Waals surface area (Å²) in [6, 6.07) is 0. The summed E-state index contributed by atoms with van der Waals surface area (Å²) in [5.41, 5.74) is 2.10. The molecule has 1 aliphatic rings. The van der Waals surface area contributed by atoms with Crippen LogP contribution in [0.25, 0.3) is 0 Å². The Morgan fingerprint density at radius 1 is 1.67 bits per heavy atom. The maximum absolute atomic E-state index is 11.9. The Morgan fingerprint density at radius 3 is 2.75 bits per heavy atom. The minimum absolute atomic E-state index is 0.271. The highest BCUT2D eigenvalue weighted by Crippen LogP contribution is 2.38. The summed E-state index contributed by atoms with van der Waals surface area (Å²) in [7, 11) is 0. The second-order valence-corrected chi connectivity index (χ2v) is 2.66. The van der Waals surface area contributed by atoms with E-state index in [0.29, 0.717) is 10.7 Å². The van der Waals surface area contributed by atoms with Crippen LogP contribution in [0, 0.1) is 0 Å². The van der Waals surface area contributed by atoms with Crippen LogP contribution in [0.2, 0.25) is 0 Å². The van der Waals surface area contributed by atoms with E-state index in [-0.39, 0.29) is 11.9 Å². The van der Waals surface area contributed by atoms with E-state index in [1.54, 1.807) is 0 Å². The second kappa shape index (κ2) is 3.08. The molecule has 0 aromatic heterocycles. The van der Waals surface area contributed by atoms with Crippen molar-refractivity contribution in [1.29, 1.82) is 0 Å². The molecule has 8 heteroatoms. The van der Waals surface area contributed by atoms with Crippen molar-refractivity contribution in [2.45, 2.75) is 6.18 Å². The lowest BCUT2D eigenvalue weighted by Gasteiger charge is -2.07. The summed E-state index contributed by atoms with van der Waals surface area (Å²) in [5, 5.41) is 2.91. The van der Waals surface area contributed by atoms with Crippen molar-refractivity contribution >= 4 is 18.0 Å². The topological polar surface area (TPSA) is 44.7 Å². The highest BCUT2D eigenvalue weighted by molar-refractivity contribution is 8.01. The molecule has 0 fully saturated rings. The highest BCUT2D eigenvalue weighted by Gasteiger charge is 2.38. The molecule has 0 saturated carbocycles. The first-order valence-electron chi connectivity index (χ1n) is 2.63. The van der Waals surface area contributed by atoms with E-state index < -0.39 is 11.1 Å². The largest absolute Gasteiger partial charge is 0.425 e. The Balaban J connectivity index is 2.60. The van der Waals surface area contributed by atoms with E-state index in [2.05, 4.69) is 10.5 Å². The molecule has 4 nitrogen and oxygen atoms in total. The molecule has 0 unspecified atom stereocenters. The number of allylic oxidation sites excluding steroid dienone is 1. The third kappa shape index (κ3) is 1.93. The third-order valence-corrected chi connectivity index (χ3v) is 1.81. The van der Waals surface area contributed by atoms with Crippen LogP contribution < -0.4 is 5.43 Å². The molecule has 0 radical (unpaired) electrons. The Morgan fingerprint density at radius 2 is 2.33 bits per heavy atom. The summed E-state index contributed by atoms with van der Waals surface area (Å²) < 4.78 is 36.3. The number of rotatable bonds is 1. The van der Waals surface area contributed by atoms with Gasteiger partial charge in [-0.15, -0.1) is 4.52 Å². The van der Waals surface area contributed by atoms with Gasteiger partial charge in [0.25, 0.3) is 6.08 Å². The molecule has 0 aliphatic carbocycles. The molecular weight excluding hydrogens is 195 g/mol. The molecule has 0 bridgehead atoms. The fourth-order valence-electron chi connectivity index (χ4n) is 0.480. The van der Waals surface area contributed by atoms with E-state index in [9.17, 15) is 18.0 Å². The van der Waals surface area contributed by atoms with Gasteiger partial charge in [-0.2, -0.15) is 13.2 Å². The lowest BCUT2D eigenvalue weighted by molar-refractivity contribution is -0.0836. The van der Waals surface area contributed by atoms with Gasteiger partial charge in [-0.25, -0.2) is 4.79 Å². The normalized spacial score (nSPS) is 16.6. The van der Waals surface area contributed by atoms with Crippen LogP contribution >= 0.6 is 11.9 Å². The summed E-state index contributed by atoms with van der Waals surface area (Å²) in [4.78, 5) is 8.77. The van der Waals surface area contributed by atoms with Crippen molar-refractivity contribution in [3.8, 4) is 0 Å². The number of hydrogen-bond donors (Lipinski definition) is 1. The van der Waals surface area contributed by atoms with Gasteiger partial charge >= 0.3 is 6.18 Å². The molecule has 1 aliphatic heterocycles. The molecule has 1 heterocycles. The summed E-state index contributed by atoms with van der Waals surface area (Å²) in [6.07, 6.45) is -2.60. The van der Waals surface area contributed by atoms with Crippen LogP contribution in [0.4, 0.5) is 13.2 Å². The number of isocyanates is 1. The van der Waals surface area contributed by atoms with E-state index in [1.807, 2.05) is 0 Å². The molecule has 0 atom stereocenters. The number of hydrazine groups is 1. The Bertz CT molecular complexity index is 257. The van der Waals surface area contributed by atoms with Gasteiger partial charge in [-0.1, -0.05) is 5.10 Å². The molecule has 66 valence electrons. The van der Waals surface area contributed by atoms with Crippen molar-refractivity contribution in [3.63, 3.8) is 0 Å². The molecule has 0 spiro atoms. The van der Waals surface area contributed by atoms with Gasteiger partial charge in [0.1, 0.15) is 4.91 Å². The molecule has 1 rings (SSSR count). The number of hydrogen-bond acceptors (Lipinski definition) is 5. The number of nitrogens with one attached hydrogen (secondary N) is 1. The van der Waals surface area contributed by atoms with Crippen LogP contribution in [-0.4, -0.2) is 16.8 Å². The van der Waals surface area contributed by atoms with Gasteiger partial charge in [0.2, 0.25) is 0 Å². The van der Waals surface area contributed by atoms with Crippen molar-refractivity contribution in [3.05, 3.63) is 11.1 Å². The maximum atomic E-state index is 11.9.